The van der Waals surface area contributed by atoms with E-state index >= 15 is 0 Å². The molecule has 0 aromatic rings. The summed E-state index contributed by atoms with van der Waals surface area (Å²) in [6.07, 6.45) is 2.15. The summed E-state index contributed by atoms with van der Waals surface area (Å²) < 4.78 is 0. The van der Waals surface area contributed by atoms with Crippen molar-refractivity contribution >= 4 is 11.8 Å². The fraction of sp³-hybridized carbons (Fsp3) is 0.833. The van der Waals surface area contributed by atoms with Crippen LogP contribution in [0, 0.1) is 0 Å². The molecule has 1 unspecified atom stereocenters. The molecule has 6 nitrogen and oxygen atoms in total. The summed E-state index contributed by atoms with van der Waals surface area (Å²) in [5, 5.41) is 6.22. The molecule has 0 spiro atoms. The van der Waals surface area contributed by atoms with Crippen molar-refractivity contribution in [2.45, 2.75) is 18.9 Å². The zero-order chi connectivity index (χ0) is 13.0. The van der Waals surface area contributed by atoms with Crippen molar-refractivity contribution in [2.24, 2.45) is 0 Å². The molecule has 2 heterocycles. The summed E-state index contributed by atoms with van der Waals surface area (Å²) >= 11 is 0. The number of rotatable bonds is 3. The van der Waals surface area contributed by atoms with Gasteiger partial charge < -0.3 is 20.4 Å². The SMILES string of the molecule is CNC1CCCN(C(=O)CN2CCNCC2=O)C1. The first-order valence-electron chi connectivity index (χ1n) is 6.64. The topological polar surface area (TPSA) is 64.7 Å². The van der Waals surface area contributed by atoms with Crippen LogP contribution in [0.3, 0.4) is 0 Å². The highest BCUT2D eigenvalue weighted by Crippen LogP contribution is 2.10. The van der Waals surface area contributed by atoms with Gasteiger partial charge in [-0.3, -0.25) is 9.59 Å². The second-order valence-electron chi connectivity index (χ2n) is 4.96. The van der Waals surface area contributed by atoms with Crippen molar-refractivity contribution in [1.82, 2.24) is 20.4 Å². The number of carbonyl (C=O) groups excluding carboxylic acids is 2. The quantitative estimate of drug-likeness (QED) is 0.652. The lowest BCUT2D eigenvalue weighted by molar-refractivity contribution is -0.141. The van der Waals surface area contributed by atoms with E-state index in [0.29, 0.717) is 19.1 Å². The normalized spacial score (nSPS) is 25.4. The fourth-order valence-corrected chi connectivity index (χ4v) is 2.52. The van der Waals surface area contributed by atoms with Gasteiger partial charge in [-0.25, -0.2) is 0 Å². The van der Waals surface area contributed by atoms with Crippen molar-refractivity contribution in [3.63, 3.8) is 0 Å². The van der Waals surface area contributed by atoms with Crippen LogP contribution in [0.2, 0.25) is 0 Å². The Morgan fingerprint density at radius 3 is 3.06 bits per heavy atom. The molecule has 0 radical (unpaired) electrons. The molecule has 2 saturated heterocycles. The van der Waals surface area contributed by atoms with Gasteiger partial charge in [0.1, 0.15) is 0 Å². The van der Waals surface area contributed by atoms with Gasteiger partial charge in [0.25, 0.3) is 0 Å². The van der Waals surface area contributed by atoms with Crippen LogP contribution >= 0.6 is 0 Å². The lowest BCUT2D eigenvalue weighted by Gasteiger charge is -2.35. The number of amides is 2. The highest BCUT2D eigenvalue weighted by atomic mass is 16.2. The van der Waals surface area contributed by atoms with Gasteiger partial charge in [-0.15, -0.1) is 0 Å². The smallest absolute Gasteiger partial charge is 0.242 e. The van der Waals surface area contributed by atoms with Crippen LogP contribution in [0.5, 0.6) is 0 Å². The number of nitrogens with zero attached hydrogens (tertiary/aromatic N) is 2. The minimum absolute atomic E-state index is 0.0248. The van der Waals surface area contributed by atoms with Gasteiger partial charge in [-0.1, -0.05) is 0 Å². The molecular weight excluding hydrogens is 232 g/mol. The number of piperidine rings is 1. The van der Waals surface area contributed by atoms with E-state index in [1.807, 2.05) is 11.9 Å². The van der Waals surface area contributed by atoms with E-state index in [0.717, 1.165) is 32.5 Å². The first-order valence-corrected chi connectivity index (χ1v) is 6.64. The summed E-state index contributed by atoms with van der Waals surface area (Å²) in [6.45, 7) is 3.57. The summed E-state index contributed by atoms with van der Waals surface area (Å²) in [7, 11) is 1.93. The number of nitrogens with one attached hydrogen (secondary N) is 2. The standard InChI is InChI=1S/C12H22N4O2/c1-13-10-3-2-5-15(8-10)12(18)9-16-6-4-14-7-11(16)17/h10,13-14H,2-9H2,1H3. The summed E-state index contributed by atoms with van der Waals surface area (Å²) in [5.41, 5.74) is 0. The second kappa shape index (κ2) is 6.15. The van der Waals surface area contributed by atoms with Crippen LogP contribution in [-0.2, 0) is 9.59 Å². The maximum atomic E-state index is 12.2. The Morgan fingerprint density at radius 1 is 1.50 bits per heavy atom. The molecule has 2 aliphatic heterocycles. The largest absolute Gasteiger partial charge is 0.340 e. The molecule has 102 valence electrons. The van der Waals surface area contributed by atoms with E-state index < -0.39 is 0 Å². The Morgan fingerprint density at radius 2 is 2.33 bits per heavy atom. The Bertz CT molecular complexity index is 321. The Kier molecular flexibility index (Phi) is 4.54. The molecule has 2 rings (SSSR count). The highest BCUT2D eigenvalue weighted by Gasteiger charge is 2.26. The first kappa shape index (κ1) is 13.3. The number of likely N-dealkylation sites (N-methyl/N-ethyl adjacent to an activating group) is 1. The molecule has 2 fully saturated rings. The number of carbonyl (C=O) groups is 2. The summed E-state index contributed by atoms with van der Waals surface area (Å²) in [6, 6.07) is 0.390. The molecular formula is C12H22N4O2. The fourth-order valence-electron chi connectivity index (χ4n) is 2.52. The Labute approximate surface area is 108 Å². The lowest BCUT2D eigenvalue weighted by Crippen LogP contribution is -2.54. The molecule has 0 aliphatic carbocycles. The molecule has 18 heavy (non-hydrogen) atoms. The van der Waals surface area contributed by atoms with Crippen LogP contribution in [0.15, 0.2) is 0 Å². The summed E-state index contributed by atoms with van der Waals surface area (Å²) in [4.78, 5) is 27.3. The van der Waals surface area contributed by atoms with Crippen molar-refractivity contribution in [2.75, 3.05) is 46.3 Å². The minimum atomic E-state index is 0.0248. The third kappa shape index (κ3) is 3.20. The molecule has 0 aromatic heterocycles. The van der Waals surface area contributed by atoms with Crippen molar-refractivity contribution in [3.8, 4) is 0 Å². The van der Waals surface area contributed by atoms with Crippen molar-refractivity contribution in [1.29, 1.82) is 0 Å². The molecule has 1 atom stereocenters. The lowest BCUT2D eigenvalue weighted by atomic mass is 10.1. The van der Waals surface area contributed by atoms with Crippen LogP contribution in [0.25, 0.3) is 0 Å². The Hall–Kier alpha value is -1.14. The van der Waals surface area contributed by atoms with Gasteiger partial charge in [0.05, 0.1) is 13.1 Å². The number of hydrogen-bond acceptors (Lipinski definition) is 4. The van der Waals surface area contributed by atoms with Crippen molar-refractivity contribution < 1.29 is 9.59 Å². The molecule has 0 aromatic carbocycles. The molecule has 0 bridgehead atoms. The third-order valence-electron chi connectivity index (χ3n) is 3.70. The number of likely N-dealkylation sites (tertiary alicyclic amines) is 1. The maximum absolute atomic E-state index is 12.2. The van der Waals surface area contributed by atoms with Gasteiger partial charge in [-0.05, 0) is 19.9 Å². The predicted octanol–water partition coefficient (Wildman–Crippen LogP) is -1.37. The average molecular weight is 254 g/mol. The number of hydrogen-bond donors (Lipinski definition) is 2. The van der Waals surface area contributed by atoms with E-state index in [1.165, 1.54) is 0 Å². The average Bonchev–Trinajstić information content (AvgIpc) is 2.41. The zero-order valence-electron chi connectivity index (χ0n) is 10.9. The van der Waals surface area contributed by atoms with Crippen LogP contribution in [0.1, 0.15) is 12.8 Å². The highest BCUT2D eigenvalue weighted by molar-refractivity contribution is 5.86. The van der Waals surface area contributed by atoms with Crippen LogP contribution in [-0.4, -0.2) is 74.0 Å². The van der Waals surface area contributed by atoms with Gasteiger partial charge in [0, 0.05) is 32.2 Å². The minimum Gasteiger partial charge on any atom is -0.340 e. The predicted molar refractivity (Wildman–Crippen MR) is 68.1 cm³/mol. The van der Waals surface area contributed by atoms with Crippen LogP contribution in [0.4, 0.5) is 0 Å². The second-order valence-corrected chi connectivity index (χ2v) is 4.96. The maximum Gasteiger partial charge on any atom is 0.242 e. The molecule has 6 heteroatoms. The zero-order valence-corrected chi connectivity index (χ0v) is 10.9. The summed E-state index contributed by atoms with van der Waals surface area (Å²) in [5.74, 6) is 0.0991. The van der Waals surface area contributed by atoms with Gasteiger partial charge in [-0.2, -0.15) is 0 Å². The van der Waals surface area contributed by atoms with Gasteiger partial charge in [0.15, 0.2) is 0 Å². The molecule has 0 saturated carbocycles. The van der Waals surface area contributed by atoms with Gasteiger partial charge in [0.2, 0.25) is 11.8 Å². The monoisotopic (exact) mass is 254 g/mol. The first-order chi connectivity index (χ1) is 8.70. The van der Waals surface area contributed by atoms with E-state index in [1.54, 1.807) is 4.90 Å². The number of piperazine rings is 1. The van der Waals surface area contributed by atoms with E-state index in [2.05, 4.69) is 10.6 Å². The molecule has 2 amide bonds. The van der Waals surface area contributed by atoms with E-state index in [4.69, 9.17) is 0 Å². The molecule has 2 aliphatic rings. The molecule has 2 N–H and O–H groups in total. The van der Waals surface area contributed by atoms with E-state index in [-0.39, 0.29) is 18.4 Å². The van der Waals surface area contributed by atoms with Crippen molar-refractivity contribution in [3.05, 3.63) is 0 Å². The van der Waals surface area contributed by atoms with E-state index in [9.17, 15) is 9.59 Å². The van der Waals surface area contributed by atoms with Gasteiger partial charge >= 0.3 is 0 Å². The van der Waals surface area contributed by atoms with Crippen LogP contribution < -0.4 is 10.6 Å². The Balaban J connectivity index is 1.85. The third-order valence-corrected chi connectivity index (χ3v) is 3.70.